The van der Waals surface area contributed by atoms with E-state index in [9.17, 15) is 0 Å². The van der Waals surface area contributed by atoms with Gasteiger partial charge in [0.05, 0.1) is 35.3 Å². The molecule has 0 atom stereocenters. The molecule has 3 aromatic heterocycles. The smallest absolute Gasteiger partial charge is 0.154 e. The molecular formula is C15H19ClN8. The van der Waals surface area contributed by atoms with E-state index in [1.807, 2.05) is 17.9 Å². The van der Waals surface area contributed by atoms with Crippen molar-refractivity contribution in [3.8, 4) is 0 Å². The van der Waals surface area contributed by atoms with Crippen molar-refractivity contribution in [1.82, 2.24) is 34.3 Å². The normalized spacial score (nSPS) is 13.9. The molecule has 0 aromatic carbocycles. The highest BCUT2D eigenvalue weighted by atomic mass is 35.5. The van der Waals surface area contributed by atoms with Crippen LogP contribution >= 0.6 is 11.6 Å². The van der Waals surface area contributed by atoms with Crippen LogP contribution in [0, 0.1) is 0 Å². The Labute approximate surface area is 144 Å². The molecule has 24 heavy (non-hydrogen) atoms. The van der Waals surface area contributed by atoms with Crippen LogP contribution in [0.1, 0.15) is 30.2 Å². The standard InChI is InChI=1S/C15H19ClN8/c1-22-13(12(16)7-18-22)8-17-11-6-19-23(9-11)10-15-21-20-14-4-2-3-5-24(14)15/h6-7,9,17H,2-5,8,10H2,1H3. The fourth-order valence-electron chi connectivity index (χ4n) is 2.99. The van der Waals surface area contributed by atoms with Gasteiger partial charge < -0.3 is 9.88 Å². The third kappa shape index (κ3) is 2.89. The maximum absolute atomic E-state index is 6.12. The van der Waals surface area contributed by atoms with Crippen molar-refractivity contribution in [2.24, 2.45) is 7.05 Å². The fourth-order valence-corrected chi connectivity index (χ4v) is 3.23. The van der Waals surface area contributed by atoms with Crippen molar-refractivity contribution >= 4 is 17.3 Å². The molecule has 0 spiro atoms. The first-order chi connectivity index (χ1) is 11.7. The molecule has 1 aliphatic rings. The summed E-state index contributed by atoms with van der Waals surface area (Å²) in [5, 5.41) is 21.1. The topological polar surface area (TPSA) is 78.4 Å². The van der Waals surface area contributed by atoms with Gasteiger partial charge in [0, 0.05) is 26.2 Å². The van der Waals surface area contributed by atoms with Crippen LogP contribution in [-0.4, -0.2) is 34.3 Å². The van der Waals surface area contributed by atoms with Gasteiger partial charge in [0.25, 0.3) is 0 Å². The van der Waals surface area contributed by atoms with Crippen LogP contribution in [0.2, 0.25) is 5.02 Å². The summed E-state index contributed by atoms with van der Waals surface area (Å²) in [4.78, 5) is 0. The van der Waals surface area contributed by atoms with Crippen LogP contribution in [0.15, 0.2) is 18.6 Å². The zero-order valence-electron chi connectivity index (χ0n) is 13.5. The third-order valence-corrected chi connectivity index (χ3v) is 4.66. The van der Waals surface area contributed by atoms with E-state index in [4.69, 9.17) is 11.6 Å². The number of hydrogen-bond acceptors (Lipinski definition) is 5. The molecule has 126 valence electrons. The number of aromatic nitrogens is 7. The quantitative estimate of drug-likeness (QED) is 0.763. The molecule has 0 bridgehead atoms. The second kappa shape index (κ2) is 6.27. The highest BCUT2D eigenvalue weighted by Gasteiger charge is 2.16. The van der Waals surface area contributed by atoms with E-state index in [2.05, 4.69) is 30.3 Å². The first kappa shape index (κ1) is 15.2. The highest BCUT2D eigenvalue weighted by molar-refractivity contribution is 6.31. The van der Waals surface area contributed by atoms with Gasteiger partial charge in [-0.05, 0) is 12.8 Å². The number of rotatable bonds is 5. The monoisotopic (exact) mass is 346 g/mol. The van der Waals surface area contributed by atoms with Crippen LogP contribution in [0.5, 0.6) is 0 Å². The Kier molecular flexibility index (Phi) is 3.97. The predicted molar refractivity (Wildman–Crippen MR) is 89.8 cm³/mol. The summed E-state index contributed by atoms with van der Waals surface area (Å²) in [7, 11) is 1.88. The summed E-state index contributed by atoms with van der Waals surface area (Å²) >= 11 is 6.12. The van der Waals surface area contributed by atoms with Crippen LogP contribution in [0.4, 0.5) is 5.69 Å². The molecule has 0 fully saturated rings. The second-order valence-electron chi connectivity index (χ2n) is 5.98. The van der Waals surface area contributed by atoms with Crippen molar-refractivity contribution in [2.45, 2.75) is 38.9 Å². The van der Waals surface area contributed by atoms with Crippen molar-refractivity contribution in [1.29, 1.82) is 0 Å². The molecule has 9 heteroatoms. The Hall–Kier alpha value is -2.35. The zero-order valence-corrected chi connectivity index (χ0v) is 14.2. The van der Waals surface area contributed by atoms with E-state index in [-0.39, 0.29) is 0 Å². The molecule has 4 heterocycles. The molecule has 1 N–H and O–H groups in total. The number of halogens is 1. The van der Waals surface area contributed by atoms with Crippen molar-refractivity contribution < 1.29 is 0 Å². The van der Waals surface area contributed by atoms with Gasteiger partial charge in [-0.3, -0.25) is 9.36 Å². The fraction of sp³-hybridized carbons (Fsp3) is 0.467. The van der Waals surface area contributed by atoms with Crippen molar-refractivity contribution in [3.05, 3.63) is 41.0 Å². The number of fused-ring (bicyclic) bond motifs is 1. The minimum absolute atomic E-state index is 0.599. The van der Waals surface area contributed by atoms with E-state index >= 15 is 0 Å². The molecule has 0 aliphatic carbocycles. The van der Waals surface area contributed by atoms with Gasteiger partial charge in [-0.15, -0.1) is 10.2 Å². The average Bonchev–Trinajstić information content (AvgIpc) is 3.28. The van der Waals surface area contributed by atoms with E-state index < -0.39 is 0 Å². The molecule has 1 aliphatic heterocycles. The minimum atomic E-state index is 0.599. The maximum Gasteiger partial charge on any atom is 0.154 e. The summed E-state index contributed by atoms with van der Waals surface area (Å²) < 4.78 is 5.86. The molecule has 0 saturated carbocycles. The van der Waals surface area contributed by atoms with E-state index in [1.54, 1.807) is 17.1 Å². The lowest BCUT2D eigenvalue weighted by atomic mass is 10.2. The summed E-state index contributed by atoms with van der Waals surface area (Å²) in [6.07, 6.45) is 8.83. The predicted octanol–water partition coefficient (Wildman–Crippen LogP) is 1.86. The molecule has 0 unspecified atom stereocenters. The third-order valence-electron chi connectivity index (χ3n) is 4.34. The summed E-state index contributed by atoms with van der Waals surface area (Å²) in [6.45, 7) is 2.23. The first-order valence-corrected chi connectivity index (χ1v) is 8.42. The maximum atomic E-state index is 6.12. The number of hydrogen-bond donors (Lipinski definition) is 1. The van der Waals surface area contributed by atoms with Crippen LogP contribution < -0.4 is 5.32 Å². The van der Waals surface area contributed by atoms with E-state index in [1.165, 1.54) is 12.8 Å². The lowest BCUT2D eigenvalue weighted by Gasteiger charge is -2.14. The Morgan fingerprint density at radius 2 is 2.12 bits per heavy atom. The Morgan fingerprint density at radius 3 is 2.96 bits per heavy atom. The molecule has 0 saturated heterocycles. The van der Waals surface area contributed by atoms with E-state index in [0.29, 0.717) is 18.1 Å². The van der Waals surface area contributed by atoms with Gasteiger partial charge in [-0.25, -0.2) is 0 Å². The molecule has 4 rings (SSSR count). The Balaban J connectivity index is 1.43. The SMILES string of the molecule is Cn1ncc(Cl)c1CNc1cnn(Cc2nnc3n2CCCC3)c1. The first-order valence-electron chi connectivity index (χ1n) is 8.04. The lowest BCUT2D eigenvalue weighted by Crippen LogP contribution is -2.15. The van der Waals surface area contributed by atoms with Crippen LogP contribution in [0.25, 0.3) is 0 Å². The molecule has 8 nitrogen and oxygen atoms in total. The summed E-state index contributed by atoms with van der Waals surface area (Å²) in [5.74, 6) is 2.06. The van der Waals surface area contributed by atoms with Crippen molar-refractivity contribution in [2.75, 3.05) is 5.32 Å². The number of aryl methyl sites for hydroxylation is 2. The number of nitrogens with zero attached hydrogens (tertiary/aromatic N) is 7. The Bertz CT molecular complexity index is 826. The van der Waals surface area contributed by atoms with Gasteiger partial charge in [0.15, 0.2) is 5.82 Å². The van der Waals surface area contributed by atoms with Gasteiger partial charge >= 0.3 is 0 Å². The summed E-state index contributed by atoms with van der Waals surface area (Å²) in [6, 6.07) is 0. The Morgan fingerprint density at radius 1 is 1.21 bits per heavy atom. The van der Waals surface area contributed by atoms with Gasteiger partial charge in [0.2, 0.25) is 0 Å². The largest absolute Gasteiger partial charge is 0.377 e. The summed E-state index contributed by atoms with van der Waals surface area (Å²) in [5.41, 5.74) is 1.88. The van der Waals surface area contributed by atoms with Crippen molar-refractivity contribution in [3.63, 3.8) is 0 Å². The zero-order chi connectivity index (χ0) is 16.5. The average molecular weight is 347 g/mol. The molecule has 0 radical (unpaired) electrons. The van der Waals surface area contributed by atoms with Gasteiger partial charge in [-0.1, -0.05) is 11.6 Å². The minimum Gasteiger partial charge on any atom is -0.377 e. The number of nitrogens with one attached hydrogen (secondary N) is 1. The van der Waals surface area contributed by atoms with Gasteiger partial charge in [0.1, 0.15) is 12.4 Å². The lowest BCUT2D eigenvalue weighted by molar-refractivity contribution is 0.496. The number of anilines is 1. The van der Waals surface area contributed by atoms with E-state index in [0.717, 1.165) is 36.0 Å². The van der Waals surface area contributed by atoms with Gasteiger partial charge in [-0.2, -0.15) is 10.2 Å². The van der Waals surface area contributed by atoms with Crippen LogP contribution in [-0.2, 0) is 33.1 Å². The highest BCUT2D eigenvalue weighted by Crippen LogP contribution is 2.17. The molecule has 3 aromatic rings. The molecular weight excluding hydrogens is 328 g/mol. The molecule has 0 amide bonds. The second-order valence-corrected chi connectivity index (χ2v) is 6.39. The van der Waals surface area contributed by atoms with Crippen LogP contribution in [0.3, 0.4) is 0 Å².